The molecule has 0 bridgehead atoms. The van der Waals surface area contributed by atoms with Crippen LogP contribution in [0.3, 0.4) is 0 Å². The summed E-state index contributed by atoms with van der Waals surface area (Å²) in [6.45, 7) is 4.13. The van der Waals surface area contributed by atoms with Crippen LogP contribution >= 0.6 is 0 Å². The fourth-order valence-electron chi connectivity index (χ4n) is 1.58. The van der Waals surface area contributed by atoms with E-state index in [-0.39, 0.29) is 5.91 Å². The third-order valence-corrected chi connectivity index (χ3v) is 2.68. The SMILES string of the molecule is CCCCCC/C(C)=N/NC(=O)c1ccncc1. The van der Waals surface area contributed by atoms with Crippen molar-refractivity contribution in [1.29, 1.82) is 0 Å². The Labute approximate surface area is 109 Å². The number of carbonyl (C=O) groups excluding carboxylic acids is 1. The van der Waals surface area contributed by atoms with Crippen molar-refractivity contribution in [2.75, 3.05) is 0 Å². The van der Waals surface area contributed by atoms with Gasteiger partial charge in [-0.1, -0.05) is 26.2 Å². The van der Waals surface area contributed by atoms with Gasteiger partial charge in [0.05, 0.1) is 0 Å². The summed E-state index contributed by atoms with van der Waals surface area (Å²) < 4.78 is 0. The predicted octanol–water partition coefficient (Wildman–Crippen LogP) is 3.16. The molecule has 0 spiro atoms. The molecule has 18 heavy (non-hydrogen) atoms. The number of nitrogens with one attached hydrogen (secondary N) is 1. The minimum atomic E-state index is -0.190. The standard InChI is InChI=1S/C14H21N3O/c1-3-4-5-6-7-12(2)16-17-14(18)13-8-10-15-11-9-13/h8-11H,3-7H2,1-2H3,(H,17,18)/b16-12+. The summed E-state index contributed by atoms with van der Waals surface area (Å²) in [6.07, 6.45) is 8.98. The van der Waals surface area contributed by atoms with Gasteiger partial charge in [0, 0.05) is 23.7 Å². The summed E-state index contributed by atoms with van der Waals surface area (Å²) in [5.41, 5.74) is 4.10. The van der Waals surface area contributed by atoms with Gasteiger partial charge in [-0.05, 0) is 31.9 Å². The van der Waals surface area contributed by atoms with Crippen molar-refractivity contribution >= 4 is 11.6 Å². The van der Waals surface area contributed by atoms with E-state index in [1.807, 2.05) is 6.92 Å². The number of nitrogens with zero attached hydrogens (tertiary/aromatic N) is 2. The lowest BCUT2D eigenvalue weighted by molar-refractivity contribution is 0.0954. The zero-order chi connectivity index (χ0) is 13.2. The molecule has 0 unspecified atom stereocenters. The van der Waals surface area contributed by atoms with Gasteiger partial charge in [0.1, 0.15) is 0 Å². The lowest BCUT2D eigenvalue weighted by atomic mass is 10.1. The Morgan fingerprint density at radius 2 is 2.00 bits per heavy atom. The number of hydrogen-bond donors (Lipinski definition) is 1. The van der Waals surface area contributed by atoms with E-state index in [4.69, 9.17) is 0 Å². The van der Waals surface area contributed by atoms with E-state index in [2.05, 4.69) is 22.4 Å². The minimum Gasteiger partial charge on any atom is -0.267 e. The smallest absolute Gasteiger partial charge is 0.267 e. The zero-order valence-corrected chi connectivity index (χ0v) is 11.1. The van der Waals surface area contributed by atoms with Gasteiger partial charge >= 0.3 is 0 Å². The highest BCUT2D eigenvalue weighted by Crippen LogP contribution is 2.03. The summed E-state index contributed by atoms with van der Waals surface area (Å²) in [7, 11) is 0. The van der Waals surface area contributed by atoms with E-state index in [1.54, 1.807) is 24.5 Å². The molecule has 1 amide bonds. The minimum absolute atomic E-state index is 0.190. The van der Waals surface area contributed by atoms with E-state index in [9.17, 15) is 4.79 Å². The Hall–Kier alpha value is -1.71. The van der Waals surface area contributed by atoms with E-state index in [0.29, 0.717) is 5.56 Å². The van der Waals surface area contributed by atoms with Crippen LogP contribution in [0, 0.1) is 0 Å². The number of unbranched alkanes of at least 4 members (excludes halogenated alkanes) is 3. The fraction of sp³-hybridized carbons (Fsp3) is 0.500. The highest BCUT2D eigenvalue weighted by atomic mass is 16.2. The van der Waals surface area contributed by atoms with Crippen molar-refractivity contribution in [3.05, 3.63) is 30.1 Å². The first-order chi connectivity index (χ1) is 8.74. The first-order valence-electron chi connectivity index (χ1n) is 6.47. The Kier molecular flexibility index (Phi) is 6.69. The van der Waals surface area contributed by atoms with Gasteiger partial charge in [0.25, 0.3) is 5.91 Å². The average Bonchev–Trinajstić information content (AvgIpc) is 2.42. The number of hydrogen-bond acceptors (Lipinski definition) is 3. The molecule has 0 saturated heterocycles. The molecular weight excluding hydrogens is 226 g/mol. The Bertz CT molecular complexity index is 387. The van der Waals surface area contributed by atoms with Crippen molar-refractivity contribution in [2.24, 2.45) is 5.10 Å². The number of rotatable bonds is 7. The molecule has 1 rings (SSSR count). The van der Waals surface area contributed by atoms with E-state index in [0.717, 1.165) is 18.6 Å². The molecule has 0 aliphatic rings. The number of carbonyl (C=O) groups is 1. The summed E-state index contributed by atoms with van der Waals surface area (Å²) in [5.74, 6) is -0.190. The van der Waals surface area contributed by atoms with Crippen LogP contribution in [0.15, 0.2) is 29.6 Å². The zero-order valence-electron chi connectivity index (χ0n) is 11.1. The molecule has 0 aliphatic carbocycles. The van der Waals surface area contributed by atoms with Crippen LogP contribution in [-0.2, 0) is 0 Å². The molecular formula is C14H21N3O. The van der Waals surface area contributed by atoms with Gasteiger partial charge in [0.2, 0.25) is 0 Å². The van der Waals surface area contributed by atoms with Crippen molar-refractivity contribution in [3.63, 3.8) is 0 Å². The summed E-state index contributed by atoms with van der Waals surface area (Å²) >= 11 is 0. The van der Waals surface area contributed by atoms with E-state index >= 15 is 0 Å². The van der Waals surface area contributed by atoms with Gasteiger partial charge in [-0.25, -0.2) is 5.43 Å². The largest absolute Gasteiger partial charge is 0.271 e. The van der Waals surface area contributed by atoms with Crippen LogP contribution in [0.5, 0.6) is 0 Å². The van der Waals surface area contributed by atoms with Crippen LogP contribution in [0.2, 0.25) is 0 Å². The third-order valence-electron chi connectivity index (χ3n) is 2.68. The second kappa shape index (κ2) is 8.39. The van der Waals surface area contributed by atoms with Crippen LogP contribution in [-0.4, -0.2) is 16.6 Å². The Morgan fingerprint density at radius 3 is 2.67 bits per heavy atom. The van der Waals surface area contributed by atoms with Crippen molar-refractivity contribution in [3.8, 4) is 0 Å². The molecule has 1 N–H and O–H groups in total. The molecule has 0 aromatic carbocycles. The fourth-order valence-corrected chi connectivity index (χ4v) is 1.58. The van der Waals surface area contributed by atoms with Gasteiger partial charge < -0.3 is 0 Å². The lowest BCUT2D eigenvalue weighted by Crippen LogP contribution is -2.19. The Balaban J connectivity index is 2.32. The van der Waals surface area contributed by atoms with Crippen LogP contribution in [0.4, 0.5) is 0 Å². The molecule has 0 fully saturated rings. The second-order valence-corrected chi connectivity index (χ2v) is 4.33. The first-order valence-corrected chi connectivity index (χ1v) is 6.47. The van der Waals surface area contributed by atoms with Gasteiger partial charge in [0.15, 0.2) is 0 Å². The molecule has 0 atom stereocenters. The normalized spacial score (nSPS) is 11.3. The van der Waals surface area contributed by atoms with Crippen LogP contribution < -0.4 is 5.43 Å². The Morgan fingerprint density at radius 1 is 1.28 bits per heavy atom. The monoisotopic (exact) mass is 247 g/mol. The summed E-state index contributed by atoms with van der Waals surface area (Å²) in [6, 6.07) is 3.34. The molecule has 0 aliphatic heterocycles. The maximum absolute atomic E-state index is 11.7. The quantitative estimate of drug-likeness (QED) is 0.457. The third kappa shape index (κ3) is 5.57. The molecule has 1 heterocycles. The van der Waals surface area contributed by atoms with Crippen molar-refractivity contribution in [2.45, 2.75) is 46.0 Å². The first kappa shape index (κ1) is 14.4. The predicted molar refractivity (Wildman–Crippen MR) is 73.6 cm³/mol. The topological polar surface area (TPSA) is 54.4 Å². The van der Waals surface area contributed by atoms with Crippen LogP contribution in [0.25, 0.3) is 0 Å². The number of aromatic nitrogens is 1. The van der Waals surface area contributed by atoms with Gasteiger partial charge in [-0.15, -0.1) is 0 Å². The lowest BCUT2D eigenvalue weighted by Gasteiger charge is -2.02. The molecule has 0 radical (unpaired) electrons. The highest BCUT2D eigenvalue weighted by molar-refractivity contribution is 5.95. The molecule has 4 nitrogen and oxygen atoms in total. The number of pyridine rings is 1. The molecule has 0 saturated carbocycles. The molecule has 1 aromatic rings. The number of hydrazone groups is 1. The van der Waals surface area contributed by atoms with Crippen molar-refractivity contribution < 1.29 is 4.79 Å². The van der Waals surface area contributed by atoms with Crippen molar-refractivity contribution in [1.82, 2.24) is 10.4 Å². The second-order valence-electron chi connectivity index (χ2n) is 4.33. The number of amides is 1. The average molecular weight is 247 g/mol. The summed E-state index contributed by atoms with van der Waals surface area (Å²) in [4.78, 5) is 15.5. The summed E-state index contributed by atoms with van der Waals surface area (Å²) in [5, 5.41) is 4.09. The van der Waals surface area contributed by atoms with Gasteiger partial charge in [-0.2, -0.15) is 5.10 Å². The van der Waals surface area contributed by atoms with E-state index < -0.39 is 0 Å². The van der Waals surface area contributed by atoms with Gasteiger partial charge in [-0.3, -0.25) is 9.78 Å². The van der Waals surface area contributed by atoms with E-state index in [1.165, 1.54) is 19.3 Å². The molecule has 1 aromatic heterocycles. The van der Waals surface area contributed by atoms with Crippen LogP contribution in [0.1, 0.15) is 56.3 Å². The maximum Gasteiger partial charge on any atom is 0.271 e. The molecule has 4 heteroatoms. The molecule has 98 valence electrons. The maximum atomic E-state index is 11.7. The highest BCUT2D eigenvalue weighted by Gasteiger charge is 2.02.